The molecule has 2 aliphatic rings. The van der Waals surface area contributed by atoms with Crippen LogP contribution in [0.1, 0.15) is 12.8 Å². The zero-order valence-electron chi connectivity index (χ0n) is 7.80. The van der Waals surface area contributed by atoms with Gasteiger partial charge in [0.2, 0.25) is 0 Å². The summed E-state index contributed by atoms with van der Waals surface area (Å²) in [5, 5.41) is 3.23. The van der Waals surface area contributed by atoms with Crippen LogP contribution < -0.4 is 5.32 Å². The number of hydrogen-bond acceptors (Lipinski definition) is 4. The maximum absolute atomic E-state index is 11.4. The molecule has 0 aromatic heterocycles. The van der Waals surface area contributed by atoms with Crippen molar-refractivity contribution >= 4 is 5.97 Å². The lowest BCUT2D eigenvalue weighted by molar-refractivity contribution is -0.136. The third-order valence-electron chi connectivity index (χ3n) is 2.56. The van der Waals surface area contributed by atoms with Gasteiger partial charge in [-0.3, -0.25) is 0 Å². The second-order valence-corrected chi connectivity index (χ2v) is 3.34. The molecule has 2 aliphatic heterocycles. The Balaban J connectivity index is 2.27. The van der Waals surface area contributed by atoms with Gasteiger partial charge in [0.15, 0.2) is 0 Å². The minimum Gasteiger partial charge on any atom is -0.466 e. The molecule has 2 rings (SSSR count). The number of rotatable bonds is 1. The van der Waals surface area contributed by atoms with Crippen LogP contribution in [0.2, 0.25) is 0 Å². The fourth-order valence-electron chi connectivity index (χ4n) is 1.94. The molecule has 72 valence electrons. The Kier molecular flexibility index (Phi) is 2.12. The lowest BCUT2D eigenvalue weighted by atomic mass is 10.1. The van der Waals surface area contributed by atoms with Gasteiger partial charge in [-0.25, -0.2) is 4.79 Å². The van der Waals surface area contributed by atoms with E-state index in [1.54, 1.807) is 0 Å². The van der Waals surface area contributed by atoms with E-state index in [1.807, 2.05) is 0 Å². The summed E-state index contributed by atoms with van der Waals surface area (Å²) < 4.78 is 4.73. The van der Waals surface area contributed by atoms with Gasteiger partial charge in [0, 0.05) is 19.6 Å². The Bertz CT molecular complexity index is 260. The predicted molar refractivity (Wildman–Crippen MR) is 47.9 cm³/mol. The number of hydrogen-bond donors (Lipinski definition) is 1. The summed E-state index contributed by atoms with van der Waals surface area (Å²) in [6.45, 7) is 3.01. The molecule has 1 fully saturated rings. The first kappa shape index (κ1) is 8.41. The van der Waals surface area contributed by atoms with Crippen LogP contribution in [0.4, 0.5) is 0 Å². The minimum absolute atomic E-state index is 0.186. The highest BCUT2D eigenvalue weighted by atomic mass is 16.5. The van der Waals surface area contributed by atoms with Crippen LogP contribution in [0.25, 0.3) is 0 Å². The van der Waals surface area contributed by atoms with E-state index in [4.69, 9.17) is 4.74 Å². The third kappa shape index (κ3) is 1.36. The van der Waals surface area contributed by atoms with E-state index >= 15 is 0 Å². The molecule has 0 aliphatic carbocycles. The van der Waals surface area contributed by atoms with E-state index in [9.17, 15) is 4.79 Å². The number of ether oxygens (including phenoxy) is 1. The zero-order valence-corrected chi connectivity index (χ0v) is 7.80. The monoisotopic (exact) mass is 182 g/mol. The molecule has 1 N–H and O–H groups in total. The summed E-state index contributed by atoms with van der Waals surface area (Å²) in [5.74, 6) is 0.812. The second kappa shape index (κ2) is 3.28. The average molecular weight is 182 g/mol. The standard InChI is InChI=1S/C9H14N2O2/c1-13-9(12)7-3-2-5-11-6-4-10-8(7)11/h10H,2-6H2,1H3. The fraction of sp³-hybridized carbons (Fsp3) is 0.667. The molecule has 0 bridgehead atoms. The van der Waals surface area contributed by atoms with Crippen molar-refractivity contribution < 1.29 is 9.53 Å². The molecular formula is C9H14N2O2. The van der Waals surface area contributed by atoms with Crippen LogP contribution in [0.15, 0.2) is 11.4 Å². The minimum atomic E-state index is -0.186. The quantitative estimate of drug-likeness (QED) is 0.583. The SMILES string of the molecule is COC(=O)C1=C2NCCN2CCC1. The van der Waals surface area contributed by atoms with E-state index in [1.165, 1.54) is 7.11 Å². The van der Waals surface area contributed by atoms with Crippen molar-refractivity contribution in [2.45, 2.75) is 12.8 Å². The van der Waals surface area contributed by atoms with Gasteiger partial charge < -0.3 is 15.0 Å². The molecule has 0 aromatic carbocycles. The van der Waals surface area contributed by atoms with Gasteiger partial charge in [-0.1, -0.05) is 0 Å². The number of carbonyl (C=O) groups is 1. The van der Waals surface area contributed by atoms with Crippen LogP contribution in [-0.4, -0.2) is 37.6 Å². The number of methoxy groups -OCH3 is 1. The van der Waals surface area contributed by atoms with E-state index in [-0.39, 0.29) is 5.97 Å². The molecule has 4 heteroatoms. The summed E-state index contributed by atoms with van der Waals surface area (Å²) in [6.07, 6.45) is 1.89. The van der Waals surface area contributed by atoms with Crippen molar-refractivity contribution in [1.82, 2.24) is 10.2 Å². The third-order valence-corrected chi connectivity index (χ3v) is 2.56. The molecule has 0 radical (unpaired) electrons. The van der Waals surface area contributed by atoms with Crippen LogP contribution >= 0.6 is 0 Å². The molecule has 0 aromatic rings. The van der Waals surface area contributed by atoms with E-state index < -0.39 is 0 Å². The molecule has 2 heterocycles. The van der Waals surface area contributed by atoms with Crippen LogP contribution in [0.3, 0.4) is 0 Å². The van der Waals surface area contributed by atoms with Crippen molar-refractivity contribution in [3.8, 4) is 0 Å². The molecule has 13 heavy (non-hydrogen) atoms. The Morgan fingerprint density at radius 3 is 3.15 bits per heavy atom. The summed E-state index contributed by atoms with van der Waals surface area (Å²) in [7, 11) is 1.43. The highest BCUT2D eigenvalue weighted by Gasteiger charge is 2.27. The first-order valence-electron chi connectivity index (χ1n) is 4.63. The molecule has 0 atom stereocenters. The van der Waals surface area contributed by atoms with Crippen molar-refractivity contribution in [3.63, 3.8) is 0 Å². The molecule has 4 nitrogen and oxygen atoms in total. The van der Waals surface area contributed by atoms with Crippen LogP contribution in [-0.2, 0) is 9.53 Å². The predicted octanol–water partition coefficient (Wildman–Crippen LogP) is 0.0700. The zero-order chi connectivity index (χ0) is 9.26. The van der Waals surface area contributed by atoms with Crippen LogP contribution in [0.5, 0.6) is 0 Å². The topological polar surface area (TPSA) is 41.6 Å². The van der Waals surface area contributed by atoms with Crippen molar-refractivity contribution in [3.05, 3.63) is 11.4 Å². The van der Waals surface area contributed by atoms with Gasteiger partial charge in [0.1, 0.15) is 5.82 Å². The molecule has 0 unspecified atom stereocenters. The Hall–Kier alpha value is -1.19. The number of carbonyl (C=O) groups excluding carboxylic acids is 1. The molecule has 0 saturated carbocycles. The smallest absolute Gasteiger partial charge is 0.337 e. The Morgan fingerprint density at radius 2 is 2.38 bits per heavy atom. The van der Waals surface area contributed by atoms with Gasteiger partial charge in [0.05, 0.1) is 12.7 Å². The van der Waals surface area contributed by atoms with Crippen LogP contribution in [0, 0.1) is 0 Å². The van der Waals surface area contributed by atoms with Gasteiger partial charge in [-0.15, -0.1) is 0 Å². The van der Waals surface area contributed by atoms with E-state index in [0.29, 0.717) is 0 Å². The first-order chi connectivity index (χ1) is 6.33. The maximum Gasteiger partial charge on any atom is 0.337 e. The van der Waals surface area contributed by atoms with Crippen molar-refractivity contribution in [2.75, 3.05) is 26.7 Å². The number of esters is 1. The average Bonchev–Trinajstić information content (AvgIpc) is 2.63. The fourth-order valence-corrected chi connectivity index (χ4v) is 1.94. The van der Waals surface area contributed by atoms with E-state index in [2.05, 4.69) is 10.2 Å². The lowest BCUT2D eigenvalue weighted by Gasteiger charge is -2.25. The molecule has 1 saturated heterocycles. The highest BCUT2D eigenvalue weighted by Crippen LogP contribution is 2.23. The van der Waals surface area contributed by atoms with Gasteiger partial charge in [-0.05, 0) is 12.8 Å². The van der Waals surface area contributed by atoms with Crippen molar-refractivity contribution in [2.24, 2.45) is 0 Å². The Morgan fingerprint density at radius 1 is 1.54 bits per heavy atom. The molecule has 0 amide bonds. The van der Waals surface area contributed by atoms with Crippen molar-refractivity contribution in [1.29, 1.82) is 0 Å². The summed E-state index contributed by atoms with van der Waals surface area (Å²) in [5.41, 5.74) is 0.811. The van der Waals surface area contributed by atoms with E-state index in [0.717, 1.165) is 43.9 Å². The largest absolute Gasteiger partial charge is 0.466 e. The molecule has 0 spiro atoms. The summed E-state index contributed by atoms with van der Waals surface area (Å²) in [4.78, 5) is 13.6. The first-order valence-corrected chi connectivity index (χ1v) is 4.63. The molecular weight excluding hydrogens is 168 g/mol. The Labute approximate surface area is 77.5 Å². The summed E-state index contributed by atoms with van der Waals surface area (Å²) in [6, 6.07) is 0. The lowest BCUT2D eigenvalue weighted by Crippen LogP contribution is -2.29. The second-order valence-electron chi connectivity index (χ2n) is 3.34. The normalized spacial score (nSPS) is 21.2. The van der Waals surface area contributed by atoms with Gasteiger partial charge >= 0.3 is 5.97 Å². The summed E-state index contributed by atoms with van der Waals surface area (Å²) >= 11 is 0. The highest BCUT2D eigenvalue weighted by molar-refractivity contribution is 5.89. The van der Waals surface area contributed by atoms with Gasteiger partial charge in [-0.2, -0.15) is 0 Å². The number of nitrogens with zero attached hydrogens (tertiary/aromatic N) is 1. The number of fused-ring (bicyclic) bond motifs is 1. The van der Waals surface area contributed by atoms with Gasteiger partial charge in [0.25, 0.3) is 0 Å². The number of nitrogens with one attached hydrogen (secondary N) is 1. The maximum atomic E-state index is 11.4.